The fraction of sp³-hybridized carbons (Fsp3) is 0.133. The summed E-state index contributed by atoms with van der Waals surface area (Å²) in [7, 11) is 1.66. The van der Waals surface area contributed by atoms with E-state index in [9.17, 15) is 0 Å². The van der Waals surface area contributed by atoms with Crippen LogP contribution < -0.4 is 4.74 Å². The average Bonchev–Trinajstić information content (AvgIpc) is 2.83. The molecule has 0 saturated carbocycles. The molecule has 0 atom stereocenters. The molecule has 3 rings (SSSR count). The highest BCUT2D eigenvalue weighted by molar-refractivity contribution is 6.31. The van der Waals surface area contributed by atoms with Crippen molar-refractivity contribution < 1.29 is 4.74 Å². The van der Waals surface area contributed by atoms with Crippen molar-refractivity contribution in [1.29, 1.82) is 0 Å². The maximum absolute atomic E-state index is 6.17. The number of pyridine rings is 1. The Morgan fingerprint density at radius 2 is 2.00 bits per heavy atom. The maximum Gasteiger partial charge on any atom is 0.198 e. The van der Waals surface area contributed by atoms with Crippen molar-refractivity contribution in [2.75, 3.05) is 7.11 Å². The highest BCUT2D eigenvalue weighted by Gasteiger charge is 2.07. The molecule has 0 bridgehead atoms. The van der Waals surface area contributed by atoms with Gasteiger partial charge in [0.05, 0.1) is 12.8 Å². The first kappa shape index (κ1) is 12.1. The number of methoxy groups -OCH3 is 1. The number of hydrogen-bond donors (Lipinski definition) is 0. The number of hydrogen-bond acceptors (Lipinski definition) is 2. The molecule has 4 heteroatoms. The molecule has 0 aliphatic rings. The molecule has 0 radical (unpaired) electrons. The van der Waals surface area contributed by atoms with Gasteiger partial charge in [0.15, 0.2) is 5.88 Å². The van der Waals surface area contributed by atoms with E-state index in [4.69, 9.17) is 16.3 Å². The smallest absolute Gasteiger partial charge is 0.198 e. The molecule has 0 N–H and O–H groups in total. The predicted octanol–water partition coefficient (Wildman–Crippen LogP) is 3.59. The Balaban J connectivity index is 2.00. The first-order chi connectivity index (χ1) is 9.28. The van der Waals surface area contributed by atoms with Gasteiger partial charge in [0, 0.05) is 17.6 Å². The Labute approximate surface area is 116 Å². The van der Waals surface area contributed by atoms with E-state index in [1.54, 1.807) is 7.11 Å². The van der Waals surface area contributed by atoms with Crippen molar-refractivity contribution >= 4 is 17.2 Å². The molecule has 2 aromatic heterocycles. The maximum atomic E-state index is 6.17. The van der Waals surface area contributed by atoms with Gasteiger partial charge in [-0.3, -0.25) is 4.40 Å². The molecule has 0 spiro atoms. The van der Waals surface area contributed by atoms with E-state index in [1.165, 1.54) is 0 Å². The van der Waals surface area contributed by atoms with Gasteiger partial charge < -0.3 is 4.74 Å². The van der Waals surface area contributed by atoms with Crippen LogP contribution in [0.2, 0.25) is 5.02 Å². The summed E-state index contributed by atoms with van der Waals surface area (Å²) < 4.78 is 7.25. The lowest BCUT2D eigenvalue weighted by Gasteiger charge is -2.01. The van der Waals surface area contributed by atoms with Crippen LogP contribution in [0.5, 0.6) is 5.88 Å². The second-order valence-corrected chi connectivity index (χ2v) is 4.70. The second kappa shape index (κ2) is 4.94. The highest BCUT2D eigenvalue weighted by Crippen LogP contribution is 2.20. The van der Waals surface area contributed by atoms with Gasteiger partial charge in [0.1, 0.15) is 5.65 Å². The molecule has 0 unspecified atom stereocenters. The Hall–Kier alpha value is -2.00. The van der Waals surface area contributed by atoms with Crippen molar-refractivity contribution in [2.24, 2.45) is 0 Å². The van der Waals surface area contributed by atoms with E-state index in [0.717, 1.165) is 27.8 Å². The van der Waals surface area contributed by atoms with E-state index >= 15 is 0 Å². The molecular formula is C15H13ClN2O. The number of nitrogens with zero attached hydrogens (tertiary/aromatic N) is 2. The van der Waals surface area contributed by atoms with E-state index in [1.807, 2.05) is 53.1 Å². The number of fused-ring (bicyclic) bond motifs is 1. The molecule has 96 valence electrons. The van der Waals surface area contributed by atoms with E-state index < -0.39 is 0 Å². The van der Waals surface area contributed by atoms with Crippen LogP contribution in [-0.2, 0) is 6.42 Å². The minimum Gasteiger partial charge on any atom is -0.482 e. The zero-order chi connectivity index (χ0) is 13.2. The van der Waals surface area contributed by atoms with Gasteiger partial charge in [0.2, 0.25) is 0 Å². The van der Waals surface area contributed by atoms with Gasteiger partial charge in [0.25, 0.3) is 0 Å². The Morgan fingerprint density at radius 1 is 1.16 bits per heavy atom. The van der Waals surface area contributed by atoms with Crippen LogP contribution in [0.4, 0.5) is 0 Å². The van der Waals surface area contributed by atoms with Crippen LogP contribution in [0.15, 0.2) is 48.7 Å². The molecule has 19 heavy (non-hydrogen) atoms. The summed E-state index contributed by atoms with van der Waals surface area (Å²) in [6.45, 7) is 0. The Morgan fingerprint density at radius 3 is 2.79 bits per heavy atom. The standard InChI is InChI=1S/C15H13ClN2O/c1-19-15-8-4-7-14-17-12(10-18(14)15)9-11-5-2-3-6-13(11)16/h2-8,10H,9H2,1H3. The van der Waals surface area contributed by atoms with Crippen LogP contribution in [-0.4, -0.2) is 16.5 Å². The van der Waals surface area contributed by atoms with Gasteiger partial charge >= 0.3 is 0 Å². The van der Waals surface area contributed by atoms with Crippen molar-refractivity contribution in [2.45, 2.75) is 6.42 Å². The minimum atomic E-state index is 0.713. The van der Waals surface area contributed by atoms with Crippen LogP contribution in [0.1, 0.15) is 11.3 Å². The number of aromatic nitrogens is 2. The molecule has 0 aliphatic carbocycles. The number of halogens is 1. The van der Waals surface area contributed by atoms with Crippen LogP contribution in [0, 0.1) is 0 Å². The fourth-order valence-electron chi connectivity index (χ4n) is 2.12. The summed E-state index contributed by atoms with van der Waals surface area (Å²) in [4.78, 5) is 4.58. The Kier molecular flexibility index (Phi) is 3.13. The summed E-state index contributed by atoms with van der Waals surface area (Å²) in [6.07, 6.45) is 2.70. The summed E-state index contributed by atoms with van der Waals surface area (Å²) >= 11 is 6.17. The number of benzene rings is 1. The molecular weight excluding hydrogens is 260 g/mol. The van der Waals surface area contributed by atoms with Crippen LogP contribution in [0.25, 0.3) is 5.65 Å². The van der Waals surface area contributed by atoms with E-state index in [2.05, 4.69) is 4.98 Å². The lowest BCUT2D eigenvalue weighted by molar-refractivity contribution is 0.392. The number of imidazole rings is 1. The third-order valence-corrected chi connectivity index (χ3v) is 3.41. The number of rotatable bonds is 3. The normalized spacial score (nSPS) is 10.8. The molecule has 0 saturated heterocycles. The van der Waals surface area contributed by atoms with E-state index in [0.29, 0.717) is 6.42 Å². The zero-order valence-corrected chi connectivity index (χ0v) is 11.3. The molecule has 0 aliphatic heterocycles. The van der Waals surface area contributed by atoms with Gasteiger partial charge in [-0.05, 0) is 23.8 Å². The highest BCUT2D eigenvalue weighted by atomic mass is 35.5. The van der Waals surface area contributed by atoms with Gasteiger partial charge in [-0.25, -0.2) is 4.98 Å². The van der Waals surface area contributed by atoms with Crippen molar-refractivity contribution in [1.82, 2.24) is 9.38 Å². The van der Waals surface area contributed by atoms with Crippen LogP contribution >= 0.6 is 11.6 Å². The summed E-state index contributed by atoms with van der Waals surface area (Å²) in [5.74, 6) is 0.774. The topological polar surface area (TPSA) is 26.5 Å². The molecule has 0 amide bonds. The van der Waals surface area contributed by atoms with E-state index in [-0.39, 0.29) is 0 Å². The third-order valence-electron chi connectivity index (χ3n) is 3.04. The van der Waals surface area contributed by atoms with Gasteiger partial charge in [-0.1, -0.05) is 35.9 Å². The SMILES string of the molecule is COc1cccc2nc(Cc3ccccc3Cl)cn12. The lowest BCUT2D eigenvalue weighted by atomic mass is 10.1. The van der Waals surface area contributed by atoms with Gasteiger partial charge in [-0.15, -0.1) is 0 Å². The largest absolute Gasteiger partial charge is 0.482 e. The zero-order valence-electron chi connectivity index (χ0n) is 10.5. The minimum absolute atomic E-state index is 0.713. The van der Waals surface area contributed by atoms with Crippen LogP contribution in [0.3, 0.4) is 0 Å². The number of ether oxygens (including phenoxy) is 1. The predicted molar refractivity (Wildman–Crippen MR) is 76.0 cm³/mol. The lowest BCUT2D eigenvalue weighted by Crippen LogP contribution is -1.91. The summed E-state index contributed by atoms with van der Waals surface area (Å²) in [5.41, 5.74) is 2.92. The quantitative estimate of drug-likeness (QED) is 0.728. The first-order valence-electron chi connectivity index (χ1n) is 6.02. The molecule has 3 aromatic rings. The summed E-state index contributed by atoms with van der Waals surface area (Å²) in [5, 5.41) is 0.770. The van der Waals surface area contributed by atoms with Crippen molar-refractivity contribution in [3.8, 4) is 5.88 Å². The summed E-state index contributed by atoms with van der Waals surface area (Å²) in [6, 6.07) is 13.6. The fourth-order valence-corrected chi connectivity index (χ4v) is 2.33. The monoisotopic (exact) mass is 272 g/mol. The second-order valence-electron chi connectivity index (χ2n) is 4.30. The molecule has 2 heterocycles. The molecule has 0 fully saturated rings. The Bertz CT molecular complexity index is 721. The average molecular weight is 273 g/mol. The first-order valence-corrected chi connectivity index (χ1v) is 6.40. The van der Waals surface area contributed by atoms with Crippen molar-refractivity contribution in [3.05, 3.63) is 64.9 Å². The molecule has 1 aromatic carbocycles. The molecule has 3 nitrogen and oxygen atoms in total. The van der Waals surface area contributed by atoms with Gasteiger partial charge in [-0.2, -0.15) is 0 Å². The van der Waals surface area contributed by atoms with Crippen molar-refractivity contribution in [3.63, 3.8) is 0 Å². The third kappa shape index (κ3) is 2.29.